The molecular formula is C15H19ClO. The maximum Gasteiger partial charge on any atom is 0.0998 e. The number of rotatable bonds is 2. The van der Waals surface area contributed by atoms with Crippen LogP contribution >= 0.6 is 11.6 Å². The fraction of sp³-hybridized carbons (Fsp3) is 0.600. The summed E-state index contributed by atoms with van der Waals surface area (Å²) in [7, 11) is 0. The Labute approximate surface area is 108 Å². The number of ether oxygens (including phenoxy) is 1. The van der Waals surface area contributed by atoms with E-state index in [-0.39, 0.29) is 5.60 Å². The topological polar surface area (TPSA) is 12.5 Å². The Morgan fingerprint density at radius 3 is 2.53 bits per heavy atom. The van der Waals surface area contributed by atoms with E-state index >= 15 is 0 Å². The predicted molar refractivity (Wildman–Crippen MR) is 70.3 cm³/mol. The van der Waals surface area contributed by atoms with Gasteiger partial charge in [0, 0.05) is 5.02 Å². The lowest BCUT2D eigenvalue weighted by Crippen LogP contribution is -2.33. The van der Waals surface area contributed by atoms with Gasteiger partial charge in [0.2, 0.25) is 0 Å². The van der Waals surface area contributed by atoms with Crippen molar-refractivity contribution >= 4 is 11.6 Å². The van der Waals surface area contributed by atoms with Gasteiger partial charge in [-0.05, 0) is 48.3 Å². The Balaban J connectivity index is 1.77. The van der Waals surface area contributed by atoms with Gasteiger partial charge in [-0.15, -0.1) is 0 Å². The van der Waals surface area contributed by atoms with Crippen LogP contribution in [0.15, 0.2) is 24.3 Å². The third-order valence-electron chi connectivity index (χ3n) is 4.77. The van der Waals surface area contributed by atoms with Gasteiger partial charge < -0.3 is 4.74 Å². The van der Waals surface area contributed by atoms with Gasteiger partial charge in [-0.1, -0.05) is 37.6 Å². The van der Waals surface area contributed by atoms with Gasteiger partial charge in [0.1, 0.15) is 0 Å². The lowest BCUT2D eigenvalue weighted by molar-refractivity contribution is 0.136. The van der Waals surface area contributed by atoms with Crippen LogP contribution in [0.2, 0.25) is 5.02 Å². The van der Waals surface area contributed by atoms with Crippen LogP contribution in [0.25, 0.3) is 0 Å². The SMILES string of the molecule is CC1(C)CC[C@@H](Cc2ccc(Cl)cc2)[C@]12CO2. The van der Waals surface area contributed by atoms with Crippen LogP contribution in [0.3, 0.4) is 0 Å². The first-order chi connectivity index (χ1) is 8.03. The number of benzene rings is 1. The van der Waals surface area contributed by atoms with Crippen LogP contribution < -0.4 is 0 Å². The Morgan fingerprint density at radius 1 is 1.29 bits per heavy atom. The van der Waals surface area contributed by atoms with Crippen LogP contribution in [0.5, 0.6) is 0 Å². The van der Waals surface area contributed by atoms with E-state index < -0.39 is 0 Å². The van der Waals surface area contributed by atoms with Gasteiger partial charge in [-0.25, -0.2) is 0 Å². The fourth-order valence-corrected chi connectivity index (χ4v) is 3.53. The van der Waals surface area contributed by atoms with E-state index in [1.165, 1.54) is 18.4 Å². The van der Waals surface area contributed by atoms with Crippen molar-refractivity contribution in [2.75, 3.05) is 6.61 Å². The van der Waals surface area contributed by atoms with Crippen molar-refractivity contribution in [3.63, 3.8) is 0 Å². The molecule has 3 rings (SSSR count). The highest BCUT2D eigenvalue weighted by atomic mass is 35.5. The van der Waals surface area contributed by atoms with Crippen LogP contribution in [-0.4, -0.2) is 12.2 Å². The first-order valence-corrected chi connectivity index (χ1v) is 6.80. The molecule has 2 atom stereocenters. The summed E-state index contributed by atoms with van der Waals surface area (Å²) in [5.74, 6) is 0.679. The highest BCUT2D eigenvalue weighted by Crippen LogP contribution is 2.59. The quantitative estimate of drug-likeness (QED) is 0.721. The Hall–Kier alpha value is -0.530. The molecule has 2 aliphatic rings. The van der Waals surface area contributed by atoms with E-state index in [2.05, 4.69) is 26.0 Å². The lowest BCUT2D eigenvalue weighted by atomic mass is 9.77. The van der Waals surface area contributed by atoms with E-state index in [9.17, 15) is 0 Å². The average Bonchev–Trinajstić information content (AvgIpc) is 3.04. The molecule has 0 N–H and O–H groups in total. The first kappa shape index (κ1) is 11.6. The van der Waals surface area contributed by atoms with Gasteiger partial charge >= 0.3 is 0 Å². The first-order valence-electron chi connectivity index (χ1n) is 6.42. The van der Waals surface area contributed by atoms with Gasteiger partial charge in [0.05, 0.1) is 12.2 Å². The molecule has 1 aromatic rings. The Morgan fingerprint density at radius 2 is 1.94 bits per heavy atom. The smallest absolute Gasteiger partial charge is 0.0998 e. The summed E-state index contributed by atoms with van der Waals surface area (Å²) in [6.45, 7) is 5.65. The van der Waals surface area contributed by atoms with E-state index in [1.54, 1.807) is 0 Å². The van der Waals surface area contributed by atoms with E-state index in [4.69, 9.17) is 16.3 Å². The average molecular weight is 251 g/mol. The third kappa shape index (κ3) is 1.80. The molecule has 2 heteroatoms. The number of epoxide rings is 1. The van der Waals surface area contributed by atoms with Gasteiger partial charge in [0.15, 0.2) is 0 Å². The maximum absolute atomic E-state index is 5.92. The summed E-state index contributed by atoms with van der Waals surface area (Å²) in [5, 5.41) is 0.817. The summed E-state index contributed by atoms with van der Waals surface area (Å²) < 4.78 is 5.85. The Bertz CT molecular complexity index is 417. The molecule has 0 bridgehead atoms. The molecule has 17 heavy (non-hydrogen) atoms. The predicted octanol–water partition coefficient (Wildman–Crippen LogP) is 4.09. The van der Waals surface area contributed by atoms with Gasteiger partial charge in [0.25, 0.3) is 0 Å². The molecule has 1 aromatic carbocycles. The summed E-state index contributed by atoms with van der Waals surface area (Å²) >= 11 is 5.92. The molecule has 1 aliphatic carbocycles. The Kier molecular flexibility index (Phi) is 2.53. The van der Waals surface area contributed by atoms with Crippen molar-refractivity contribution in [3.8, 4) is 0 Å². The van der Waals surface area contributed by atoms with E-state index in [0.717, 1.165) is 18.1 Å². The molecule has 1 saturated carbocycles. The minimum absolute atomic E-state index is 0.173. The molecule has 0 radical (unpaired) electrons. The molecule has 92 valence electrons. The summed E-state index contributed by atoms with van der Waals surface area (Å²) in [5.41, 5.74) is 1.91. The number of hydrogen-bond acceptors (Lipinski definition) is 1. The molecule has 2 fully saturated rings. The summed E-state index contributed by atoms with van der Waals surface area (Å²) in [4.78, 5) is 0. The normalized spacial score (nSPS) is 34.2. The van der Waals surface area contributed by atoms with Crippen LogP contribution in [0.1, 0.15) is 32.3 Å². The second-order valence-corrected chi connectivity index (χ2v) is 6.56. The minimum atomic E-state index is 0.173. The number of hydrogen-bond donors (Lipinski definition) is 0. The number of halogens is 1. The molecule has 0 amide bonds. The van der Waals surface area contributed by atoms with Crippen molar-refractivity contribution in [3.05, 3.63) is 34.9 Å². The van der Waals surface area contributed by atoms with E-state index in [1.807, 2.05) is 12.1 Å². The second-order valence-electron chi connectivity index (χ2n) is 6.13. The molecular weight excluding hydrogens is 232 g/mol. The zero-order valence-corrected chi connectivity index (χ0v) is 11.3. The fourth-order valence-electron chi connectivity index (χ4n) is 3.41. The third-order valence-corrected chi connectivity index (χ3v) is 5.03. The van der Waals surface area contributed by atoms with Crippen molar-refractivity contribution in [1.82, 2.24) is 0 Å². The van der Waals surface area contributed by atoms with Crippen LogP contribution in [0, 0.1) is 11.3 Å². The molecule has 0 unspecified atom stereocenters. The van der Waals surface area contributed by atoms with Crippen LogP contribution in [0.4, 0.5) is 0 Å². The summed E-state index contributed by atoms with van der Waals surface area (Å²) in [6, 6.07) is 8.25. The second kappa shape index (κ2) is 3.73. The van der Waals surface area contributed by atoms with E-state index in [0.29, 0.717) is 11.3 Å². The van der Waals surface area contributed by atoms with Crippen molar-refractivity contribution in [2.24, 2.45) is 11.3 Å². The standard InChI is InChI=1S/C15H19ClO/c1-14(2)8-7-12(15(14)10-17-15)9-11-3-5-13(16)6-4-11/h3-6,12H,7-10H2,1-2H3/t12-,15+/m0/s1. The lowest BCUT2D eigenvalue weighted by Gasteiger charge is -2.27. The van der Waals surface area contributed by atoms with Gasteiger partial charge in [-0.3, -0.25) is 0 Å². The van der Waals surface area contributed by atoms with Crippen molar-refractivity contribution in [2.45, 2.75) is 38.7 Å². The molecule has 1 nitrogen and oxygen atoms in total. The zero-order valence-electron chi connectivity index (χ0n) is 10.5. The maximum atomic E-state index is 5.92. The molecule has 1 heterocycles. The van der Waals surface area contributed by atoms with Crippen LogP contribution in [-0.2, 0) is 11.2 Å². The van der Waals surface area contributed by atoms with Gasteiger partial charge in [-0.2, -0.15) is 0 Å². The largest absolute Gasteiger partial charge is 0.369 e. The molecule has 1 saturated heterocycles. The highest BCUT2D eigenvalue weighted by Gasteiger charge is 2.64. The molecule has 1 aliphatic heterocycles. The monoisotopic (exact) mass is 250 g/mol. The zero-order chi connectivity index (χ0) is 12.1. The molecule has 0 aromatic heterocycles. The minimum Gasteiger partial charge on any atom is -0.369 e. The highest BCUT2D eigenvalue weighted by molar-refractivity contribution is 6.30. The van der Waals surface area contributed by atoms with Crippen molar-refractivity contribution in [1.29, 1.82) is 0 Å². The summed E-state index contributed by atoms with van der Waals surface area (Å²) in [6.07, 6.45) is 3.70. The van der Waals surface area contributed by atoms with Crippen molar-refractivity contribution < 1.29 is 4.74 Å². The molecule has 1 spiro atoms.